The van der Waals surface area contributed by atoms with Gasteiger partial charge in [-0.05, 0) is 24.6 Å². The predicted molar refractivity (Wildman–Crippen MR) is 97.0 cm³/mol. The van der Waals surface area contributed by atoms with Crippen molar-refractivity contribution in [2.75, 3.05) is 6.61 Å². The van der Waals surface area contributed by atoms with Crippen LogP contribution in [0.1, 0.15) is 25.0 Å². The molecule has 0 aliphatic carbocycles. The maximum atomic E-state index is 10.3. The fourth-order valence-corrected chi connectivity index (χ4v) is 4.29. The fourth-order valence-electron chi connectivity index (χ4n) is 3.07. The summed E-state index contributed by atoms with van der Waals surface area (Å²) < 4.78 is 11.0. The smallest absolute Gasteiger partial charge is 0.138 e. The molecule has 0 radical (unpaired) electrons. The number of furan rings is 1. The van der Waals surface area contributed by atoms with Crippen LogP contribution in [-0.4, -0.2) is 56.9 Å². The Bertz CT molecular complexity index is 754. The van der Waals surface area contributed by atoms with Crippen molar-refractivity contribution in [3.05, 3.63) is 46.5 Å². The summed E-state index contributed by atoms with van der Waals surface area (Å²) in [4.78, 5) is 0. The highest BCUT2D eigenvalue weighted by molar-refractivity contribution is 8.03. The van der Waals surface area contributed by atoms with Crippen molar-refractivity contribution in [1.82, 2.24) is 5.32 Å². The van der Waals surface area contributed by atoms with Crippen molar-refractivity contribution < 1.29 is 29.6 Å². The lowest BCUT2D eigenvalue weighted by atomic mass is 9.94. The third-order valence-electron chi connectivity index (χ3n) is 4.63. The van der Waals surface area contributed by atoms with Crippen LogP contribution in [-0.2, 0) is 4.74 Å². The molecule has 5 N–H and O–H groups in total. The summed E-state index contributed by atoms with van der Waals surface area (Å²) in [6.07, 6.45) is -1.14. The van der Waals surface area contributed by atoms with Crippen LogP contribution in [0.25, 0.3) is 0 Å². The van der Waals surface area contributed by atoms with Crippen LogP contribution in [0.4, 0.5) is 0 Å². The van der Waals surface area contributed by atoms with Gasteiger partial charge >= 0.3 is 0 Å². The molecule has 1 aromatic heterocycles. The molecule has 27 heavy (non-hydrogen) atoms. The van der Waals surface area contributed by atoms with Crippen LogP contribution in [0, 0.1) is 11.3 Å². The van der Waals surface area contributed by atoms with Gasteiger partial charge in [0.2, 0.25) is 0 Å². The Morgan fingerprint density at radius 1 is 1.26 bits per heavy atom. The number of hydrogen-bond donors (Lipinski definition) is 5. The summed E-state index contributed by atoms with van der Waals surface area (Å²) in [5.74, 6) is 0.236. The zero-order valence-corrected chi connectivity index (χ0v) is 15.5. The van der Waals surface area contributed by atoms with Crippen molar-refractivity contribution in [2.24, 2.45) is 0 Å². The molecule has 1 fully saturated rings. The summed E-state index contributed by atoms with van der Waals surface area (Å²) in [6, 6.07) is 5.71. The number of allylic oxidation sites excluding steroid dienone is 3. The van der Waals surface area contributed by atoms with Gasteiger partial charge in [-0.3, -0.25) is 0 Å². The number of rotatable bonds is 5. The molecule has 1 aromatic rings. The average molecular weight is 394 g/mol. The lowest BCUT2D eigenvalue weighted by molar-refractivity contribution is -0.205. The zero-order valence-electron chi connectivity index (χ0n) is 14.6. The number of hydrogen-bond acceptors (Lipinski definition) is 9. The van der Waals surface area contributed by atoms with E-state index < -0.39 is 36.5 Å². The lowest BCUT2D eigenvalue weighted by Gasteiger charge is -2.40. The third-order valence-corrected chi connectivity index (χ3v) is 5.81. The number of aliphatic hydroxyl groups excluding tert-OH is 4. The van der Waals surface area contributed by atoms with E-state index >= 15 is 0 Å². The van der Waals surface area contributed by atoms with E-state index in [1.54, 1.807) is 12.1 Å². The minimum Gasteiger partial charge on any atom is -0.468 e. The molecule has 6 atom stereocenters. The highest BCUT2D eigenvalue weighted by Crippen LogP contribution is 2.40. The summed E-state index contributed by atoms with van der Waals surface area (Å²) in [5, 5.41) is 52.9. The molecule has 2 aliphatic heterocycles. The number of nitrogens with one attached hydrogen (secondary N) is 1. The third kappa shape index (κ3) is 3.91. The first-order chi connectivity index (χ1) is 13.0. The second kappa shape index (κ2) is 8.48. The van der Waals surface area contributed by atoms with Crippen LogP contribution in [0.5, 0.6) is 0 Å². The summed E-state index contributed by atoms with van der Waals surface area (Å²) in [7, 11) is 0. The van der Waals surface area contributed by atoms with E-state index in [9.17, 15) is 25.7 Å². The molecule has 146 valence electrons. The SMILES string of the molecule is CCC1=CC(c2ccco2)C(C#N)=C(S[C@@H]2O[C@H](CO)[C@H](O)[C@H](O)[C@H]2O)N1. The maximum absolute atomic E-state index is 10.3. The van der Waals surface area contributed by atoms with Gasteiger partial charge in [0.15, 0.2) is 0 Å². The van der Waals surface area contributed by atoms with Gasteiger partial charge in [-0.15, -0.1) is 0 Å². The number of nitriles is 1. The summed E-state index contributed by atoms with van der Waals surface area (Å²) in [6.45, 7) is 1.46. The minimum atomic E-state index is -1.47. The summed E-state index contributed by atoms with van der Waals surface area (Å²) >= 11 is 1.04. The first-order valence-electron chi connectivity index (χ1n) is 8.62. The predicted octanol–water partition coefficient (Wildman–Crippen LogP) is 0.529. The highest BCUT2D eigenvalue weighted by atomic mass is 32.2. The lowest BCUT2D eigenvalue weighted by Crippen LogP contribution is -2.57. The van der Waals surface area contributed by atoms with Gasteiger partial charge in [-0.25, -0.2) is 0 Å². The molecule has 0 bridgehead atoms. The number of thioether (sulfide) groups is 1. The molecular weight excluding hydrogens is 372 g/mol. The molecule has 9 heteroatoms. The Morgan fingerprint density at radius 3 is 2.63 bits per heavy atom. The number of aliphatic hydroxyl groups is 4. The van der Waals surface area contributed by atoms with E-state index in [0.717, 1.165) is 17.5 Å². The van der Waals surface area contributed by atoms with Crippen LogP contribution in [0.15, 0.2) is 45.2 Å². The van der Waals surface area contributed by atoms with Crippen molar-refractivity contribution in [3.63, 3.8) is 0 Å². The van der Waals surface area contributed by atoms with Crippen molar-refractivity contribution in [1.29, 1.82) is 5.26 Å². The minimum absolute atomic E-state index is 0.381. The van der Waals surface area contributed by atoms with Gasteiger partial charge < -0.3 is 34.9 Å². The second-order valence-corrected chi connectivity index (χ2v) is 7.44. The molecule has 0 amide bonds. The first kappa shape index (κ1) is 19.9. The molecule has 2 aliphatic rings. The van der Waals surface area contributed by atoms with Gasteiger partial charge in [0.1, 0.15) is 35.6 Å². The van der Waals surface area contributed by atoms with E-state index in [1.807, 2.05) is 13.0 Å². The van der Waals surface area contributed by atoms with Crippen molar-refractivity contribution >= 4 is 11.8 Å². The molecule has 0 aromatic carbocycles. The highest BCUT2D eigenvalue weighted by Gasteiger charge is 2.44. The van der Waals surface area contributed by atoms with Gasteiger partial charge in [-0.2, -0.15) is 5.26 Å². The van der Waals surface area contributed by atoms with E-state index in [2.05, 4.69) is 11.4 Å². The molecule has 0 saturated carbocycles. The van der Waals surface area contributed by atoms with Crippen LogP contribution in [0.3, 0.4) is 0 Å². The standard InChI is InChI=1S/C18H22N2O6S/c1-2-9-6-10(12-4-3-5-25-12)11(7-19)17(20-9)27-18-16(24)15(23)14(22)13(8-21)26-18/h3-6,10,13-16,18,20-24H,2,8H2,1H3/t10?,13-,14+,15+,16-,18+/m1/s1. The van der Waals surface area contributed by atoms with Crippen molar-refractivity contribution in [2.45, 2.75) is 49.1 Å². The Balaban J connectivity index is 1.90. The molecule has 3 rings (SSSR count). The second-order valence-electron chi connectivity index (χ2n) is 6.33. The van der Waals surface area contributed by atoms with E-state index in [-0.39, 0.29) is 5.92 Å². The van der Waals surface area contributed by atoms with Gasteiger partial charge in [-0.1, -0.05) is 18.7 Å². The largest absolute Gasteiger partial charge is 0.468 e. The quantitative estimate of drug-likeness (QED) is 0.484. The average Bonchev–Trinajstić information content (AvgIpc) is 3.22. The van der Waals surface area contributed by atoms with Crippen molar-refractivity contribution in [3.8, 4) is 6.07 Å². The number of ether oxygens (including phenoxy) is 1. The van der Waals surface area contributed by atoms with E-state index in [1.165, 1.54) is 6.26 Å². The maximum Gasteiger partial charge on any atom is 0.138 e. The van der Waals surface area contributed by atoms with Gasteiger partial charge in [0, 0.05) is 5.70 Å². The van der Waals surface area contributed by atoms with Crippen LogP contribution >= 0.6 is 11.8 Å². The van der Waals surface area contributed by atoms with Crippen LogP contribution in [0.2, 0.25) is 0 Å². The van der Waals surface area contributed by atoms with Gasteiger partial charge in [0.05, 0.1) is 35.5 Å². The van der Waals surface area contributed by atoms with E-state index in [0.29, 0.717) is 22.8 Å². The Kier molecular flexibility index (Phi) is 6.26. The normalized spacial score (nSPS) is 34.0. The molecule has 1 unspecified atom stereocenters. The first-order valence-corrected chi connectivity index (χ1v) is 9.50. The van der Waals surface area contributed by atoms with Gasteiger partial charge in [0.25, 0.3) is 0 Å². The van der Waals surface area contributed by atoms with Crippen LogP contribution < -0.4 is 5.32 Å². The number of dihydropyridines is 1. The Morgan fingerprint density at radius 2 is 2.04 bits per heavy atom. The Hall–Kier alpha value is -1.80. The number of nitrogens with zero attached hydrogens (tertiary/aromatic N) is 1. The fraction of sp³-hybridized carbons (Fsp3) is 0.500. The molecule has 0 spiro atoms. The zero-order chi connectivity index (χ0) is 19.6. The molecule has 1 saturated heterocycles. The summed E-state index contributed by atoms with van der Waals surface area (Å²) in [5.41, 5.74) is 0.298. The Labute approximate surface area is 160 Å². The van der Waals surface area contributed by atoms with E-state index in [4.69, 9.17) is 9.15 Å². The molecule has 8 nitrogen and oxygen atoms in total. The monoisotopic (exact) mass is 394 g/mol. The molecule has 3 heterocycles. The topological polar surface area (TPSA) is 139 Å². The molecular formula is C18H22N2O6S.